The molecule has 1 aromatic rings. The fourth-order valence-corrected chi connectivity index (χ4v) is 2.34. The van der Waals surface area contributed by atoms with Gasteiger partial charge in [-0.25, -0.2) is 0 Å². The van der Waals surface area contributed by atoms with Gasteiger partial charge in [0.2, 0.25) is 5.91 Å². The normalized spacial score (nSPS) is 19.3. The largest absolute Gasteiger partial charge is 0.345 e. The Hall–Kier alpha value is -1.51. The van der Waals surface area contributed by atoms with E-state index in [0.717, 1.165) is 23.4 Å². The maximum absolute atomic E-state index is 11.5. The summed E-state index contributed by atoms with van der Waals surface area (Å²) in [5.74, 6) is 0.475. The highest BCUT2D eigenvalue weighted by Crippen LogP contribution is 2.30. The number of amides is 1. The molecule has 1 aliphatic heterocycles. The third-order valence-corrected chi connectivity index (χ3v) is 3.16. The smallest absolute Gasteiger partial charge is 0.223 e. The lowest BCUT2D eigenvalue weighted by Gasteiger charge is -2.11. The predicted octanol–water partition coefficient (Wildman–Crippen LogP) is 2.68. The van der Waals surface area contributed by atoms with Gasteiger partial charge in [0.25, 0.3) is 0 Å². The number of hydrogen-bond acceptors (Lipinski definition) is 3. The summed E-state index contributed by atoms with van der Waals surface area (Å²) in [5, 5.41) is 2.38. The van der Waals surface area contributed by atoms with Gasteiger partial charge in [0.1, 0.15) is 0 Å². The van der Waals surface area contributed by atoms with Crippen LogP contribution in [0.3, 0.4) is 0 Å². The Balaban J connectivity index is 2.33. The van der Waals surface area contributed by atoms with Crippen LogP contribution in [0.5, 0.6) is 0 Å². The molecule has 1 heterocycles. The SMILES string of the molecule is Cc1cc(N=C=S)cc(C2CC(=O)N(C)C2)c1. The van der Waals surface area contributed by atoms with Crippen LogP contribution in [0.2, 0.25) is 0 Å². The summed E-state index contributed by atoms with van der Waals surface area (Å²) < 4.78 is 0. The number of thiocarbonyl (C=S) groups is 1. The van der Waals surface area contributed by atoms with Gasteiger partial charge in [-0.3, -0.25) is 4.79 Å². The minimum Gasteiger partial charge on any atom is -0.345 e. The van der Waals surface area contributed by atoms with Gasteiger partial charge in [0.15, 0.2) is 0 Å². The Bertz CT molecular complexity index is 506. The molecule has 0 saturated carbocycles. The lowest BCUT2D eigenvalue weighted by Crippen LogP contribution is -2.18. The molecular weight excluding hydrogens is 232 g/mol. The summed E-state index contributed by atoms with van der Waals surface area (Å²) in [4.78, 5) is 17.3. The maximum Gasteiger partial charge on any atom is 0.223 e. The molecule has 0 aromatic heterocycles. The van der Waals surface area contributed by atoms with Crippen LogP contribution in [-0.2, 0) is 4.79 Å². The fourth-order valence-electron chi connectivity index (χ4n) is 2.23. The molecule has 1 unspecified atom stereocenters. The third kappa shape index (κ3) is 2.60. The molecule has 0 bridgehead atoms. The molecule has 0 spiro atoms. The number of carbonyl (C=O) groups is 1. The lowest BCUT2D eigenvalue weighted by atomic mass is 9.96. The van der Waals surface area contributed by atoms with Crippen molar-refractivity contribution in [2.75, 3.05) is 13.6 Å². The van der Waals surface area contributed by atoms with Crippen molar-refractivity contribution in [1.29, 1.82) is 0 Å². The predicted molar refractivity (Wildman–Crippen MR) is 70.9 cm³/mol. The van der Waals surface area contributed by atoms with Gasteiger partial charge in [-0.05, 0) is 42.4 Å². The highest BCUT2D eigenvalue weighted by molar-refractivity contribution is 7.78. The minimum absolute atomic E-state index is 0.205. The van der Waals surface area contributed by atoms with Gasteiger partial charge in [-0.2, -0.15) is 4.99 Å². The summed E-state index contributed by atoms with van der Waals surface area (Å²) in [7, 11) is 1.84. The number of nitrogens with zero attached hydrogens (tertiary/aromatic N) is 2. The van der Waals surface area contributed by atoms with Crippen LogP contribution in [0.15, 0.2) is 23.2 Å². The van der Waals surface area contributed by atoms with E-state index in [4.69, 9.17) is 0 Å². The molecule has 0 aliphatic carbocycles. The monoisotopic (exact) mass is 246 g/mol. The van der Waals surface area contributed by atoms with E-state index in [1.54, 1.807) is 4.90 Å². The second-order valence-electron chi connectivity index (χ2n) is 4.48. The summed E-state index contributed by atoms with van der Waals surface area (Å²) in [6, 6.07) is 6.06. The Morgan fingerprint density at radius 1 is 1.47 bits per heavy atom. The first-order valence-corrected chi connectivity index (χ1v) is 5.94. The van der Waals surface area contributed by atoms with Crippen molar-refractivity contribution in [3.05, 3.63) is 29.3 Å². The van der Waals surface area contributed by atoms with E-state index in [1.807, 2.05) is 26.1 Å². The van der Waals surface area contributed by atoms with E-state index in [0.29, 0.717) is 6.42 Å². The van der Waals surface area contributed by atoms with Gasteiger partial charge >= 0.3 is 0 Å². The van der Waals surface area contributed by atoms with Crippen molar-refractivity contribution in [2.24, 2.45) is 4.99 Å². The number of likely N-dealkylation sites (N-methyl/N-ethyl adjacent to an activating group) is 1. The average Bonchev–Trinajstić information content (AvgIpc) is 2.59. The fraction of sp³-hybridized carbons (Fsp3) is 0.385. The zero-order valence-electron chi connectivity index (χ0n) is 9.93. The van der Waals surface area contributed by atoms with Gasteiger partial charge in [-0.15, -0.1) is 0 Å². The van der Waals surface area contributed by atoms with Crippen molar-refractivity contribution in [1.82, 2.24) is 4.90 Å². The van der Waals surface area contributed by atoms with Crippen LogP contribution in [0.4, 0.5) is 5.69 Å². The van der Waals surface area contributed by atoms with Crippen molar-refractivity contribution in [3.63, 3.8) is 0 Å². The Kier molecular flexibility index (Phi) is 3.36. The first-order valence-electron chi connectivity index (χ1n) is 5.53. The van der Waals surface area contributed by atoms with Gasteiger partial charge < -0.3 is 4.90 Å². The molecule has 3 nitrogen and oxygen atoms in total. The van der Waals surface area contributed by atoms with E-state index < -0.39 is 0 Å². The highest BCUT2D eigenvalue weighted by atomic mass is 32.1. The topological polar surface area (TPSA) is 32.7 Å². The van der Waals surface area contributed by atoms with E-state index in [2.05, 4.69) is 28.4 Å². The van der Waals surface area contributed by atoms with E-state index in [1.165, 1.54) is 0 Å². The number of hydrogen-bond donors (Lipinski definition) is 0. The summed E-state index contributed by atoms with van der Waals surface area (Å²) in [6.45, 7) is 2.80. The zero-order valence-corrected chi connectivity index (χ0v) is 10.8. The summed E-state index contributed by atoms with van der Waals surface area (Å²) in [6.07, 6.45) is 0.584. The molecule has 1 amide bonds. The first kappa shape index (κ1) is 12.0. The quantitative estimate of drug-likeness (QED) is 0.593. The summed E-state index contributed by atoms with van der Waals surface area (Å²) in [5.41, 5.74) is 3.11. The van der Waals surface area contributed by atoms with Crippen LogP contribution in [0.25, 0.3) is 0 Å². The van der Waals surface area contributed by atoms with Crippen LogP contribution < -0.4 is 0 Å². The summed E-state index contributed by atoms with van der Waals surface area (Å²) >= 11 is 4.61. The minimum atomic E-state index is 0.205. The lowest BCUT2D eigenvalue weighted by molar-refractivity contribution is -0.126. The first-order chi connectivity index (χ1) is 8.10. The molecule has 1 aromatic carbocycles. The standard InChI is InChI=1S/C13H14N2OS/c1-9-3-10(5-12(4-9)14-8-17)11-6-13(16)15(2)7-11/h3-5,11H,6-7H2,1-2H3. The van der Waals surface area contributed by atoms with Crippen molar-refractivity contribution in [2.45, 2.75) is 19.3 Å². The number of isothiocyanates is 1. The second kappa shape index (κ2) is 4.78. The molecule has 1 saturated heterocycles. The van der Waals surface area contributed by atoms with Crippen molar-refractivity contribution < 1.29 is 4.79 Å². The van der Waals surface area contributed by atoms with E-state index in [-0.39, 0.29) is 11.8 Å². The zero-order chi connectivity index (χ0) is 12.4. The molecule has 1 atom stereocenters. The number of likely N-dealkylation sites (tertiary alicyclic amines) is 1. The number of carbonyl (C=O) groups excluding carboxylic acids is 1. The third-order valence-electron chi connectivity index (χ3n) is 3.07. The Morgan fingerprint density at radius 2 is 2.24 bits per heavy atom. The molecule has 4 heteroatoms. The van der Waals surface area contributed by atoms with Crippen LogP contribution >= 0.6 is 12.2 Å². The van der Waals surface area contributed by atoms with Crippen LogP contribution in [-0.4, -0.2) is 29.6 Å². The van der Waals surface area contributed by atoms with Crippen LogP contribution in [0.1, 0.15) is 23.5 Å². The molecule has 88 valence electrons. The molecule has 0 N–H and O–H groups in total. The van der Waals surface area contributed by atoms with Crippen molar-refractivity contribution >= 4 is 29.0 Å². The van der Waals surface area contributed by atoms with Crippen LogP contribution in [0, 0.1) is 6.92 Å². The number of benzene rings is 1. The maximum atomic E-state index is 11.5. The number of aryl methyl sites for hydroxylation is 1. The molecule has 2 rings (SSSR count). The average molecular weight is 246 g/mol. The highest BCUT2D eigenvalue weighted by Gasteiger charge is 2.28. The van der Waals surface area contributed by atoms with Crippen molar-refractivity contribution in [3.8, 4) is 0 Å². The van der Waals surface area contributed by atoms with Gasteiger partial charge in [0, 0.05) is 25.9 Å². The Morgan fingerprint density at radius 3 is 2.82 bits per heavy atom. The second-order valence-corrected chi connectivity index (χ2v) is 4.66. The van der Waals surface area contributed by atoms with Gasteiger partial charge in [0.05, 0.1) is 10.8 Å². The van der Waals surface area contributed by atoms with E-state index >= 15 is 0 Å². The molecule has 17 heavy (non-hydrogen) atoms. The molecule has 1 fully saturated rings. The van der Waals surface area contributed by atoms with Gasteiger partial charge in [-0.1, -0.05) is 6.07 Å². The molecular formula is C13H14N2OS. The molecule has 0 radical (unpaired) electrons. The molecule has 1 aliphatic rings. The Labute approximate surface area is 106 Å². The van der Waals surface area contributed by atoms with E-state index in [9.17, 15) is 4.79 Å². The number of rotatable bonds is 2. The number of aliphatic imine (C=N–C) groups is 1.